The number of hydrogen-bond acceptors (Lipinski definition) is 3. The standard InChI is InChI=1S/C17H30N2O/c1-4-7-8-15(6-3)13-20-14-17-12-16(9-11-19-17)18-10-5-2/h9,11-12,15H,4-8,10,13-14H2,1-3H3,(H,18,19). The summed E-state index contributed by atoms with van der Waals surface area (Å²) in [5.74, 6) is 0.691. The van der Waals surface area contributed by atoms with Crippen LogP contribution in [0, 0.1) is 5.92 Å². The van der Waals surface area contributed by atoms with E-state index in [0.29, 0.717) is 12.5 Å². The fourth-order valence-electron chi connectivity index (χ4n) is 2.16. The van der Waals surface area contributed by atoms with Crippen LogP contribution in [0.1, 0.15) is 58.6 Å². The molecule has 0 amide bonds. The van der Waals surface area contributed by atoms with Gasteiger partial charge in [-0.1, -0.05) is 40.0 Å². The molecule has 1 atom stereocenters. The van der Waals surface area contributed by atoms with Gasteiger partial charge in [0.05, 0.1) is 12.3 Å². The molecule has 1 rings (SSSR count). The molecule has 0 saturated heterocycles. The molecule has 1 unspecified atom stereocenters. The zero-order chi connectivity index (χ0) is 14.6. The quantitative estimate of drug-likeness (QED) is 0.640. The molecule has 1 heterocycles. The molecule has 0 aliphatic heterocycles. The Bertz CT molecular complexity index is 355. The van der Waals surface area contributed by atoms with E-state index in [4.69, 9.17) is 4.74 Å². The molecule has 3 nitrogen and oxygen atoms in total. The number of pyridine rings is 1. The Morgan fingerprint density at radius 3 is 2.80 bits per heavy atom. The maximum atomic E-state index is 5.84. The fraction of sp³-hybridized carbons (Fsp3) is 0.706. The van der Waals surface area contributed by atoms with Crippen molar-refractivity contribution in [3.8, 4) is 0 Å². The predicted octanol–water partition coefficient (Wildman–Crippen LogP) is 4.64. The van der Waals surface area contributed by atoms with E-state index in [1.807, 2.05) is 12.3 Å². The van der Waals surface area contributed by atoms with Gasteiger partial charge in [-0.25, -0.2) is 0 Å². The Kier molecular flexibility index (Phi) is 9.05. The second-order valence-corrected chi connectivity index (χ2v) is 5.39. The second-order valence-electron chi connectivity index (χ2n) is 5.39. The summed E-state index contributed by atoms with van der Waals surface area (Å²) in [6, 6.07) is 4.10. The lowest BCUT2D eigenvalue weighted by Crippen LogP contribution is -2.09. The summed E-state index contributed by atoms with van der Waals surface area (Å²) in [7, 11) is 0. The number of anilines is 1. The highest BCUT2D eigenvalue weighted by Crippen LogP contribution is 2.14. The van der Waals surface area contributed by atoms with Crippen LogP contribution < -0.4 is 5.32 Å². The molecular formula is C17H30N2O. The van der Waals surface area contributed by atoms with Gasteiger partial charge < -0.3 is 10.1 Å². The van der Waals surface area contributed by atoms with Crippen molar-refractivity contribution >= 4 is 5.69 Å². The van der Waals surface area contributed by atoms with E-state index in [2.05, 4.69) is 37.1 Å². The molecule has 0 aromatic carbocycles. The lowest BCUT2D eigenvalue weighted by Gasteiger charge is -2.14. The Balaban J connectivity index is 2.33. The van der Waals surface area contributed by atoms with Crippen LogP contribution in [0.2, 0.25) is 0 Å². The topological polar surface area (TPSA) is 34.1 Å². The summed E-state index contributed by atoms with van der Waals surface area (Å²) in [5, 5.41) is 3.38. The minimum atomic E-state index is 0.615. The van der Waals surface area contributed by atoms with Crippen molar-refractivity contribution in [2.45, 2.75) is 59.5 Å². The minimum Gasteiger partial charge on any atom is -0.385 e. The summed E-state index contributed by atoms with van der Waals surface area (Å²) in [6.07, 6.45) is 8.03. The molecule has 1 aromatic heterocycles. The van der Waals surface area contributed by atoms with E-state index in [1.165, 1.54) is 25.7 Å². The highest BCUT2D eigenvalue weighted by atomic mass is 16.5. The lowest BCUT2D eigenvalue weighted by molar-refractivity contribution is 0.0800. The summed E-state index contributed by atoms with van der Waals surface area (Å²) in [5.41, 5.74) is 2.15. The molecule has 1 N–H and O–H groups in total. The molecule has 0 spiro atoms. The van der Waals surface area contributed by atoms with Crippen LogP contribution in [0.4, 0.5) is 5.69 Å². The molecule has 114 valence electrons. The number of nitrogens with one attached hydrogen (secondary N) is 1. The maximum Gasteiger partial charge on any atom is 0.0888 e. The number of ether oxygens (including phenoxy) is 1. The highest BCUT2D eigenvalue weighted by molar-refractivity contribution is 5.42. The predicted molar refractivity (Wildman–Crippen MR) is 86.0 cm³/mol. The van der Waals surface area contributed by atoms with Crippen LogP contribution in [-0.4, -0.2) is 18.1 Å². The molecule has 0 bridgehead atoms. The fourth-order valence-corrected chi connectivity index (χ4v) is 2.16. The molecule has 3 heteroatoms. The van der Waals surface area contributed by atoms with Gasteiger partial charge in [-0.3, -0.25) is 4.98 Å². The average molecular weight is 278 g/mol. The molecular weight excluding hydrogens is 248 g/mol. The molecule has 0 aliphatic carbocycles. The number of unbranched alkanes of at least 4 members (excludes halogenated alkanes) is 1. The van der Waals surface area contributed by atoms with Crippen molar-refractivity contribution in [1.82, 2.24) is 4.98 Å². The normalized spacial score (nSPS) is 12.3. The van der Waals surface area contributed by atoms with Crippen molar-refractivity contribution < 1.29 is 4.74 Å². The maximum absolute atomic E-state index is 5.84. The summed E-state index contributed by atoms with van der Waals surface area (Å²) < 4.78 is 5.84. The molecule has 0 radical (unpaired) electrons. The first-order chi connectivity index (χ1) is 9.80. The van der Waals surface area contributed by atoms with Gasteiger partial charge in [0.25, 0.3) is 0 Å². The minimum absolute atomic E-state index is 0.615. The second kappa shape index (κ2) is 10.7. The third kappa shape index (κ3) is 6.90. The van der Waals surface area contributed by atoms with Crippen LogP contribution >= 0.6 is 0 Å². The molecule has 0 fully saturated rings. The van der Waals surface area contributed by atoms with Crippen LogP contribution in [0.5, 0.6) is 0 Å². The van der Waals surface area contributed by atoms with Gasteiger partial charge in [-0.15, -0.1) is 0 Å². The first kappa shape index (κ1) is 17.0. The van der Waals surface area contributed by atoms with E-state index in [-0.39, 0.29) is 0 Å². The first-order valence-corrected chi connectivity index (χ1v) is 8.06. The van der Waals surface area contributed by atoms with E-state index in [0.717, 1.165) is 31.0 Å². The molecule has 0 saturated carbocycles. The Morgan fingerprint density at radius 2 is 2.10 bits per heavy atom. The van der Waals surface area contributed by atoms with Crippen LogP contribution in [0.25, 0.3) is 0 Å². The van der Waals surface area contributed by atoms with Gasteiger partial charge in [0.15, 0.2) is 0 Å². The number of rotatable bonds is 11. The third-order valence-corrected chi connectivity index (χ3v) is 3.54. The number of aromatic nitrogens is 1. The van der Waals surface area contributed by atoms with Crippen LogP contribution in [-0.2, 0) is 11.3 Å². The summed E-state index contributed by atoms with van der Waals surface area (Å²) >= 11 is 0. The first-order valence-electron chi connectivity index (χ1n) is 8.06. The Labute approximate surface area is 124 Å². The van der Waals surface area contributed by atoms with Gasteiger partial charge >= 0.3 is 0 Å². The van der Waals surface area contributed by atoms with Gasteiger partial charge in [0.1, 0.15) is 0 Å². The third-order valence-electron chi connectivity index (χ3n) is 3.54. The molecule has 0 aliphatic rings. The lowest BCUT2D eigenvalue weighted by atomic mass is 10.0. The SMILES string of the molecule is CCCCC(CC)COCc1cc(NCCC)ccn1. The van der Waals surface area contributed by atoms with Crippen LogP contribution in [0.3, 0.4) is 0 Å². The van der Waals surface area contributed by atoms with Gasteiger partial charge in [-0.05, 0) is 30.9 Å². The van der Waals surface area contributed by atoms with Crippen molar-refractivity contribution in [1.29, 1.82) is 0 Å². The van der Waals surface area contributed by atoms with Crippen molar-refractivity contribution in [2.24, 2.45) is 5.92 Å². The van der Waals surface area contributed by atoms with E-state index in [9.17, 15) is 0 Å². The summed E-state index contributed by atoms with van der Waals surface area (Å²) in [4.78, 5) is 4.37. The van der Waals surface area contributed by atoms with Gasteiger partial charge in [0.2, 0.25) is 0 Å². The largest absolute Gasteiger partial charge is 0.385 e. The van der Waals surface area contributed by atoms with Crippen molar-refractivity contribution in [3.63, 3.8) is 0 Å². The van der Waals surface area contributed by atoms with Crippen molar-refractivity contribution in [2.75, 3.05) is 18.5 Å². The average Bonchev–Trinajstić information content (AvgIpc) is 2.49. The molecule has 20 heavy (non-hydrogen) atoms. The number of hydrogen-bond donors (Lipinski definition) is 1. The number of nitrogens with zero attached hydrogens (tertiary/aromatic N) is 1. The Morgan fingerprint density at radius 1 is 1.25 bits per heavy atom. The van der Waals surface area contributed by atoms with E-state index in [1.54, 1.807) is 0 Å². The zero-order valence-electron chi connectivity index (χ0n) is 13.3. The summed E-state index contributed by atoms with van der Waals surface area (Å²) in [6.45, 7) is 9.12. The monoisotopic (exact) mass is 278 g/mol. The van der Waals surface area contributed by atoms with E-state index >= 15 is 0 Å². The smallest absolute Gasteiger partial charge is 0.0888 e. The van der Waals surface area contributed by atoms with Crippen molar-refractivity contribution in [3.05, 3.63) is 24.0 Å². The zero-order valence-corrected chi connectivity index (χ0v) is 13.3. The van der Waals surface area contributed by atoms with E-state index < -0.39 is 0 Å². The van der Waals surface area contributed by atoms with Crippen LogP contribution in [0.15, 0.2) is 18.3 Å². The van der Waals surface area contributed by atoms with Gasteiger partial charge in [0, 0.05) is 25.0 Å². The Hall–Kier alpha value is -1.09. The molecule has 1 aromatic rings. The van der Waals surface area contributed by atoms with Gasteiger partial charge in [-0.2, -0.15) is 0 Å². The highest BCUT2D eigenvalue weighted by Gasteiger charge is 2.06.